The first-order valence-electron chi connectivity index (χ1n) is 13.1. The molecule has 1 aliphatic rings. The number of amides is 1. The van der Waals surface area contributed by atoms with Gasteiger partial charge in [0.2, 0.25) is 0 Å². The van der Waals surface area contributed by atoms with Gasteiger partial charge < -0.3 is 25.7 Å². The Morgan fingerprint density at radius 2 is 1.78 bits per heavy atom. The van der Waals surface area contributed by atoms with E-state index in [1.165, 1.54) is 0 Å². The van der Waals surface area contributed by atoms with Crippen LogP contribution in [0.3, 0.4) is 0 Å². The smallest absolute Gasteiger partial charge is 0.253 e. The minimum Gasteiger partial charge on any atom is -0.381 e. The molecular weight excluding hydrogens is 464 g/mol. The number of hydrogen-bond donors (Lipinski definition) is 3. The van der Waals surface area contributed by atoms with E-state index in [0.29, 0.717) is 23.7 Å². The zero-order valence-corrected chi connectivity index (χ0v) is 22.3. The lowest BCUT2D eigenvalue weighted by Gasteiger charge is -2.37. The second-order valence-electron chi connectivity index (χ2n) is 9.82. The maximum Gasteiger partial charge on any atom is 0.253 e. The molecule has 0 radical (unpaired) electrons. The number of hydrogen-bond acceptors (Lipinski definition) is 5. The molecule has 0 atom stereocenters. The van der Waals surface area contributed by atoms with Crippen molar-refractivity contribution < 1.29 is 9.53 Å². The fourth-order valence-corrected chi connectivity index (χ4v) is 5.22. The van der Waals surface area contributed by atoms with Crippen LogP contribution in [-0.2, 0) is 17.8 Å². The molecule has 7 heteroatoms. The van der Waals surface area contributed by atoms with Crippen molar-refractivity contribution in [3.05, 3.63) is 86.3 Å². The zero-order chi connectivity index (χ0) is 26.5. The summed E-state index contributed by atoms with van der Waals surface area (Å²) in [5.74, 6) is -0.193. The average Bonchev–Trinajstić information content (AvgIpc) is 2.90. The van der Waals surface area contributed by atoms with Crippen molar-refractivity contribution in [2.75, 3.05) is 24.7 Å². The van der Waals surface area contributed by atoms with Crippen LogP contribution in [-0.4, -0.2) is 36.7 Å². The summed E-state index contributed by atoms with van der Waals surface area (Å²) in [6, 6.07) is 14.6. The Bertz CT molecular complexity index is 1310. The third kappa shape index (κ3) is 5.95. The number of carbonyl (C=O) groups excluding carboxylic acids is 1. The number of nitrogens with one attached hydrogen (secondary N) is 2. The van der Waals surface area contributed by atoms with Gasteiger partial charge in [0.05, 0.1) is 0 Å². The molecule has 1 aliphatic heterocycles. The first kappa shape index (κ1) is 26.6. The average molecular weight is 503 g/mol. The van der Waals surface area contributed by atoms with Crippen molar-refractivity contribution in [3.8, 4) is 11.1 Å². The number of nitrogens with two attached hydrogens (primary N) is 1. The molecular formula is C30H38N4O3. The standard InChI is InChI=1S/C30H38N4O3/c1-5-34(25-10-12-37-13-11-25)28-16-24(23-8-6-22(17-31)7-9-23)15-26(21(28)4)29(35)32-18-27-19(2)14-20(3)33-30(27)36/h6-9,14-16,25H,5,10-13,17-18,31H2,1-4H3,(H,32,35)(H,33,36). The Labute approximate surface area is 219 Å². The van der Waals surface area contributed by atoms with E-state index in [-0.39, 0.29) is 18.0 Å². The Kier molecular flexibility index (Phi) is 8.46. The highest BCUT2D eigenvalue weighted by Gasteiger charge is 2.25. The van der Waals surface area contributed by atoms with E-state index in [0.717, 1.165) is 71.8 Å². The number of carbonyl (C=O) groups is 1. The number of rotatable bonds is 8. The van der Waals surface area contributed by atoms with Crippen molar-refractivity contribution in [1.82, 2.24) is 10.3 Å². The van der Waals surface area contributed by atoms with E-state index < -0.39 is 0 Å². The molecule has 4 rings (SSSR count). The number of pyridine rings is 1. The molecule has 3 aromatic rings. The van der Waals surface area contributed by atoms with Gasteiger partial charge >= 0.3 is 0 Å². The summed E-state index contributed by atoms with van der Waals surface area (Å²) in [5.41, 5.74) is 13.6. The lowest BCUT2D eigenvalue weighted by molar-refractivity contribution is 0.0846. The van der Waals surface area contributed by atoms with Gasteiger partial charge in [0.15, 0.2) is 0 Å². The molecule has 7 nitrogen and oxygen atoms in total. The predicted molar refractivity (Wildman–Crippen MR) is 149 cm³/mol. The number of ether oxygens (including phenoxy) is 1. The number of aromatic nitrogens is 1. The second-order valence-corrected chi connectivity index (χ2v) is 9.82. The van der Waals surface area contributed by atoms with E-state index >= 15 is 0 Å². The topological polar surface area (TPSA) is 100 Å². The molecule has 0 saturated carbocycles. The number of benzene rings is 2. The molecule has 2 aromatic carbocycles. The van der Waals surface area contributed by atoms with Crippen molar-refractivity contribution in [3.63, 3.8) is 0 Å². The summed E-state index contributed by atoms with van der Waals surface area (Å²) in [6.45, 7) is 10.9. The molecule has 4 N–H and O–H groups in total. The minimum atomic E-state index is -0.193. The van der Waals surface area contributed by atoms with E-state index in [1.54, 1.807) is 0 Å². The molecule has 1 amide bonds. The Morgan fingerprint density at radius 3 is 2.41 bits per heavy atom. The molecule has 37 heavy (non-hydrogen) atoms. The summed E-state index contributed by atoms with van der Waals surface area (Å²) >= 11 is 0. The lowest BCUT2D eigenvalue weighted by Crippen LogP contribution is -2.40. The molecule has 1 saturated heterocycles. The van der Waals surface area contributed by atoms with Crippen molar-refractivity contribution in [1.29, 1.82) is 0 Å². The van der Waals surface area contributed by atoms with Crippen LogP contribution in [0.1, 0.15) is 58.1 Å². The van der Waals surface area contributed by atoms with Crippen molar-refractivity contribution >= 4 is 11.6 Å². The summed E-state index contributed by atoms with van der Waals surface area (Å²) in [7, 11) is 0. The van der Waals surface area contributed by atoms with Crippen LogP contribution in [0.15, 0.2) is 47.3 Å². The van der Waals surface area contributed by atoms with E-state index in [4.69, 9.17) is 10.5 Å². The Hall–Kier alpha value is -3.42. The summed E-state index contributed by atoms with van der Waals surface area (Å²) in [5, 5.41) is 3.00. The normalized spacial score (nSPS) is 14.0. The first-order valence-corrected chi connectivity index (χ1v) is 13.1. The Morgan fingerprint density at radius 1 is 1.08 bits per heavy atom. The maximum atomic E-state index is 13.6. The predicted octanol–water partition coefficient (Wildman–Crippen LogP) is 4.36. The number of H-pyrrole nitrogens is 1. The van der Waals surface area contributed by atoms with Crippen LogP contribution in [0.4, 0.5) is 5.69 Å². The van der Waals surface area contributed by atoms with E-state index in [1.807, 2.05) is 45.0 Å². The molecule has 0 aliphatic carbocycles. The van der Waals surface area contributed by atoms with E-state index in [9.17, 15) is 9.59 Å². The van der Waals surface area contributed by atoms with Crippen LogP contribution in [0.2, 0.25) is 0 Å². The maximum absolute atomic E-state index is 13.6. The summed E-state index contributed by atoms with van der Waals surface area (Å²) in [6.07, 6.45) is 1.92. The largest absolute Gasteiger partial charge is 0.381 e. The molecule has 1 fully saturated rings. The molecule has 0 unspecified atom stereocenters. The minimum absolute atomic E-state index is 0.166. The molecule has 2 heterocycles. The highest BCUT2D eigenvalue weighted by Crippen LogP contribution is 2.34. The van der Waals surface area contributed by atoms with Gasteiger partial charge in [0, 0.05) is 61.4 Å². The van der Waals surface area contributed by atoms with Crippen LogP contribution < -0.4 is 21.5 Å². The van der Waals surface area contributed by atoms with Gasteiger partial charge in [-0.3, -0.25) is 9.59 Å². The SMILES string of the molecule is CCN(c1cc(-c2ccc(CN)cc2)cc(C(=O)NCc2c(C)cc(C)[nH]c2=O)c1C)C1CCOCC1. The highest BCUT2D eigenvalue weighted by atomic mass is 16.5. The number of aromatic amines is 1. The molecule has 0 bridgehead atoms. The third-order valence-corrected chi connectivity index (χ3v) is 7.35. The molecule has 1 aromatic heterocycles. The third-order valence-electron chi connectivity index (χ3n) is 7.35. The van der Waals surface area contributed by atoms with Crippen LogP contribution in [0, 0.1) is 20.8 Å². The Balaban J connectivity index is 1.73. The molecule has 0 spiro atoms. The van der Waals surface area contributed by atoms with Gasteiger partial charge in [0.1, 0.15) is 0 Å². The second kappa shape index (κ2) is 11.8. The quantitative estimate of drug-likeness (QED) is 0.425. The van der Waals surface area contributed by atoms with Gasteiger partial charge in [-0.25, -0.2) is 0 Å². The zero-order valence-electron chi connectivity index (χ0n) is 22.3. The van der Waals surface area contributed by atoms with Crippen LogP contribution >= 0.6 is 0 Å². The fourth-order valence-electron chi connectivity index (χ4n) is 5.22. The van der Waals surface area contributed by atoms with Gasteiger partial charge in [-0.2, -0.15) is 0 Å². The summed E-state index contributed by atoms with van der Waals surface area (Å²) < 4.78 is 5.61. The number of nitrogens with zero attached hydrogens (tertiary/aromatic N) is 1. The van der Waals surface area contributed by atoms with Gasteiger partial charge in [-0.1, -0.05) is 24.3 Å². The van der Waals surface area contributed by atoms with Crippen LogP contribution in [0.5, 0.6) is 0 Å². The van der Waals surface area contributed by atoms with Crippen molar-refractivity contribution in [2.24, 2.45) is 5.73 Å². The van der Waals surface area contributed by atoms with Gasteiger partial charge in [0.25, 0.3) is 11.5 Å². The summed E-state index contributed by atoms with van der Waals surface area (Å²) in [4.78, 5) is 31.3. The number of aryl methyl sites for hydroxylation is 2. The first-order chi connectivity index (χ1) is 17.8. The highest BCUT2D eigenvalue weighted by molar-refractivity contribution is 5.99. The fraction of sp³-hybridized carbons (Fsp3) is 0.400. The van der Waals surface area contributed by atoms with Crippen molar-refractivity contribution in [2.45, 2.75) is 59.7 Å². The van der Waals surface area contributed by atoms with Gasteiger partial charge in [-0.15, -0.1) is 0 Å². The van der Waals surface area contributed by atoms with Crippen LogP contribution in [0.25, 0.3) is 11.1 Å². The number of anilines is 1. The molecule has 196 valence electrons. The van der Waals surface area contributed by atoms with E-state index in [2.05, 4.69) is 40.3 Å². The monoisotopic (exact) mass is 502 g/mol. The van der Waals surface area contributed by atoms with Gasteiger partial charge in [-0.05, 0) is 86.6 Å². The lowest BCUT2D eigenvalue weighted by atomic mass is 9.94.